The van der Waals surface area contributed by atoms with E-state index in [4.69, 9.17) is 14.2 Å². The molecular weight excluding hydrogens is 198 g/mol. The maximum Gasteiger partial charge on any atom is 0.409 e. The molecule has 1 fully saturated rings. The molecule has 1 saturated heterocycles. The summed E-state index contributed by atoms with van der Waals surface area (Å²) in [5.74, 6) is -0.562. The molecule has 0 N–H and O–H groups in total. The monoisotopic (exact) mass is 217 g/mol. The van der Waals surface area contributed by atoms with Gasteiger partial charge in [0.05, 0.1) is 6.61 Å². The molecule has 1 aliphatic heterocycles. The van der Waals surface area contributed by atoms with E-state index in [0.717, 1.165) is 0 Å². The van der Waals surface area contributed by atoms with Crippen molar-refractivity contribution in [2.45, 2.75) is 32.7 Å². The Balaban J connectivity index is 2.24. The van der Waals surface area contributed by atoms with Crippen LogP contribution in [-0.2, 0) is 14.2 Å². The summed E-state index contributed by atoms with van der Waals surface area (Å²) in [4.78, 5) is 12.8. The van der Waals surface area contributed by atoms with Gasteiger partial charge in [0, 0.05) is 13.6 Å². The summed E-state index contributed by atoms with van der Waals surface area (Å²) in [5, 5.41) is 0. The second-order valence-corrected chi connectivity index (χ2v) is 4.04. The fourth-order valence-electron chi connectivity index (χ4n) is 1.25. The average Bonchev–Trinajstić information content (AvgIpc) is 2.53. The van der Waals surface area contributed by atoms with Gasteiger partial charge in [-0.05, 0) is 20.8 Å². The van der Waals surface area contributed by atoms with Crippen LogP contribution in [0.1, 0.15) is 20.8 Å². The lowest BCUT2D eigenvalue weighted by Gasteiger charge is -2.18. The standard InChI is InChI=1S/C10H19NO4/c1-5-11(4)9(12)13-6-8-7-14-10(2,3)15-8/h8H,5-7H2,1-4H3/t8-/m0/s1. The molecule has 0 aliphatic carbocycles. The van der Waals surface area contributed by atoms with E-state index < -0.39 is 5.79 Å². The fourth-order valence-corrected chi connectivity index (χ4v) is 1.25. The minimum absolute atomic E-state index is 0.158. The topological polar surface area (TPSA) is 48.0 Å². The predicted octanol–water partition coefficient (Wildman–Crippen LogP) is 1.23. The van der Waals surface area contributed by atoms with Crippen molar-refractivity contribution >= 4 is 6.09 Å². The number of rotatable bonds is 3. The third kappa shape index (κ3) is 3.68. The highest BCUT2D eigenvalue weighted by atomic mass is 16.7. The van der Waals surface area contributed by atoms with Crippen molar-refractivity contribution in [3.8, 4) is 0 Å². The molecule has 0 aromatic rings. The molecule has 0 radical (unpaired) electrons. The summed E-state index contributed by atoms with van der Waals surface area (Å²) in [5.41, 5.74) is 0. The van der Waals surface area contributed by atoms with E-state index in [9.17, 15) is 4.79 Å². The second kappa shape index (κ2) is 4.81. The van der Waals surface area contributed by atoms with Crippen LogP contribution < -0.4 is 0 Å². The number of hydrogen-bond donors (Lipinski definition) is 0. The first kappa shape index (κ1) is 12.3. The van der Waals surface area contributed by atoms with E-state index in [2.05, 4.69) is 0 Å². The van der Waals surface area contributed by atoms with Gasteiger partial charge in [-0.2, -0.15) is 0 Å². The van der Waals surface area contributed by atoms with Gasteiger partial charge in [-0.1, -0.05) is 0 Å². The zero-order chi connectivity index (χ0) is 11.5. The quantitative estimate of drug-likeness (QED) is 0.713. The van der Waals surface area contributed by atoms with Gasteiger partial charge in [0.25, 0.3) is 0 Å². The highest BCUT2D eigenvalue weighted by Gasteiger charge is 2.33. The normalized spacial score (nSPS) is 23.9. The van der Waals surface area contributed by atoms with Crippen LogP contribution in [0.4, 0.5) is 4.79 Å². The van der Waals surface area contributed by atoms with E-state index in [1.165, 1.54) is 4.90 Å². The summed E-state index contributed by atoms with van der Waals surface area (Å²) in [7, 11) is 1.69. The number of carbonyl (C=O) groups is 1. The molecule has 1 heterocycles. The number of hydrogen-bond acceptors (Lipinski definition) is 4. The van der Waals surface area contributed by atoms with Crippen LogP contribution in [0.25, 0.3) is 0 Å². The van der Waals surface area contributed by atoms with Crippen LogP contribution in [-0.4, -0.2) is 49.7 Å². The van der Waals surface area contributed by atoms with Crippen molar-refractivity contribution in [2.75, 3.05) is 26.8 Å². The van der Waals surface area contributed by atoms with Gasteiger partial charge >= 0.3 is 6.09 Å². The molecule has 5 heteroatoms. The molecule has 0 aromatic heterocycles. The third-order valence-electron chi connectivity index (χ3n) is 2.25. The van der Waals surface area contributed by atoms with Gasteiger partial charge in [0.15, 0.2) is 5.79 Å². The number of nitrogens with zero attached hydrogens (tertiary/aromatic N) is 1. The highest BCUT2D eigenvalue weighted by Crippen LogP contribution is 2.22. The first-order chi connectivity index (χ1) is 6.94. The van der Waals surface area contributed by atoms with Crippen molar-refractivity contribution in [2.24, 2.45) is 0 Å². The van der Waals surface area contributed by atoms with Crippen LogP contribution in [0.3, 0.4) is 0 Å². The lowest BCUT2D eigenvalue weighted by Crippen LogP contribution is -2.31. The van der Waals surface area contributed by atoms with Gasteiger partial charge in [0.2, 0.25) is 0 Å². The van der Waals surface area contributed by atoms with Crippen LogP contribution in [0, 0.1) is 0 Å². The Morgan fingerprint density at radius 1 is 1.60 bits per heavy atom. The molecule has 1 atom stereocenters. The molecule has 15 heavy (non-hydrogen) atoms. The summed E-state index contributed by atoms with van der Waals surface area (Å²) in [6, 6.07) is 0. The third-order valence-corrected chi connectivity index (χ3v) is 2.25. The molecule has 0 bridgehead atoms. The fraction of sp³-hybridized carbons (Fsp3) is 0.900. The molecule has 88 valence electrons. The Labute approximate surface area is 90.3 Å². The number of carbonyl (C=O) groups excluding carboxylic acids is 1. The van der Waals surface area contributed by atoms with Gasteiger partial charge in [-0.15, -0.1) is 0 Å². The molecule has 0 saturated carbocycles. The minimum Gasteiger partial charge on any atom is -0.447 e. The average molecular weight is 217 g/mol. The molecule has 1 aliphatic rings. The van der Waals surface area contributed by atoms with Crippen LogP contribution >= 0.6 is 0 Å². The Hall–Kier alpha value is -0.810. The number of amides is 1. The van der Waals surface area contributed by atoms with Crippen LogP contribution in [0.5, 0.6) is 0 Å². The molecule has 1 amide bonds. The van der Waals surface area contributed by atoms with Gasteiger partial charge < -0.3 is 19.1 Å². The van der Waals surface area contributed by atoms with Gasteiger partial charge in [-0.3, -0.25) is 0 Å². The summed E-state index contributed by atoms with van der Waals surface area (Å²) in [6.07, 6.45) is -0.486. The zero-order valence-electron chi connectivity index (χ0n) is 9.78. The first-order valence-electron chi connectivity index (χ1n) is 5.14. The SMILES string of the molecule is CCN(C)C(=O)OC[C@H]1COC(C)(C)O1. The molecule has 0 aromatic carbocycles. The van der Waals surface area contributed by atoms with Gasteiger partial charge in [-0.25, -0.2) is 4.79 Å². The summed E-state index contributed by atoms with van der Waals surface area (Å²) in [6.45, 7) is 6.91. The molecule has 5 nitrogen and oxygen atoms in total. The Kier molecular flexibility index (Phi) is 3.93. The minimum atomic E-state index is -0.562. The van der Waals surface area contributed by atoms with E-state index in [1.54, 1.807) is 7.05 Å². The molecule has 0 spiro atoms. The van der Waals surface area contributed by atoms with Crippen molar-refractivity contribution in [3.05, 3.63) is 0 Å². The summed E-state index contributed by atoms with van der Waals surface area (Å²) >= 11 is 0. The molecule has 1 rings (SSSR count). The van der Waals surface area contributed by atoms with E-state index in [0.29, 0.717) is 13.2 Å². The zero-order valence-corrected chi connectivity index (χ0v) is 9.78. The number of ether oxygens (including phenoxy) is 3. The van der Waals surface area contributed by atoms with E-state index in [1.807, 2.05) is 20.8 Å². The lowest BCUT2D eigenvalue weighted by molar-refractivity contribution is -0.142. The van der Waals surface area contributed by atoms with Crippen LogP contribution in [0.2, 0.25) is 0 Å². The smallest absolute Gasteiger partial charge is 0.409 e. The molecular formula is C10H19NO4. The second-order valence-electron chi connectivity index (χ2n) is 4.04. The molecule has 0 unspecified atom stereocenters. The maximum absolute atomic E-state index is 11.3. The van der Waals surface area contributed by atoms with Crippen molar-refractivity contribution in [3.63, 3.8) is 0 Å². The van der Waals surface area contributed by atoms with Crippen LogP contribution in [0.15, 0.2) is 0 Å². The Morgan fingerprint density at radius 3 is 2.73 bits per heavy atom. The Bertz CT molecular complexity index is 229. The maximum atomic E-state index is 11.3. The predicted molar refractivity (Wildman–Crippen MR) is 54.6 cm³/mol. The van der Waals surface area contributed by atoms with Crippen molar-refractivity contribution in [1.82, 2.24) is 4.90 Å². The largest absolute Gasteiger partial charge is 0.447 e. The van der Waals surface area contributed by atoms with E-state index in [-0.39, 0.29) is 18.8 Å². The van der Waals surface area contributed by atoms with Gasteiger partial charge in [0.1, 0.15) is 12.7 Å². The lowest BCUT2D eigenvalue weighted by atomic mass is 10.4. The van der Waals surface area contributed by atoms with Crippen molar-refractivity contribution in [1.29, 1.82) is 0 Å². The summed E-state index contributed by atoms with van der Waals surface area (Å²) < 4.78 is 15.9. The highest BCUT2D eigenvalue weighted by molar-refractivity contribution is 5.67. The van der Waals surface area contributed by atoms with Crippen molar-refractivity contribution < 1.29 is 19.0 Å². The van der Waals surface area contributed by atoms with E-state index >= 15 is 0 Å². The first-order valence-corrected chi connectivity index (χ1v) is 5.14. The Morgan fingerprint density at radius 2 is 2.27 bits per heavy atom.